The summed E-state index contributed by atoms with van der Waals surface area (Å²) in [7, 11) is 1.89. The molecule has 2 atom stereocenters. The van der Waals surface area contributed by atoms with Crippen LogP contribution < -0.4 is 10.1 Å². The van der Waals surface area contributed by atoms with Crippen LogP contribution >= 0.6 is 24.0 Å². The van der Waals surface area contributed by atoms with E-state index in [4.69, 9.17) is 9.47 Å². The minimum Gasteiger partial charge on any atom is -0.493 e. The van der Waals surface area contributed by atoms with Crippen molar-refractivity contribution in [1.82, 2.24) is 15.1 Å². The van der Waals surface area contributed by atoms with Crippen LogP contribution in [0.3, 0.4) is 0 Å². The third kappa shape index (κ3) is 4.86. The van der Waals surface area contributed by atoms with Crippen molar-refractivity contribution in [2.75, 3.05) is 59.6 Å². The fourth-order valence-corrected chi connectivity index (χ4v) is 4.35. The second-order valence-corrected chi connectivity index (χ2v) is 7.34. The van der Waals surface area contributed by atoms with E-state index >= 15 is 0 Å². The third-order valence-electron chi connectivity index (χ3n) is 5.83. The Hall–Kier alpha value is -1.06. The summed E-state index contributed by atoms with van der Waals surface area (Å²) in [6.07, 6.45) is 2.26. The van der Waals surface area contributed by atoms with Gasteiger partial charge in [-0.15, -0.1) is 24.0 Å². The minimum atomic E-state index is 0. The number of likely N-dealkylation sites (tertiary alicyclic amines) is 1. The maximum absolute atomic E-state index is 5.78. The average molecular weight is 486 g/mol. The van der Waals surface area contributed by atoms with E-state index in [2.05, 4.69) is 38.3 Å². The largest absolute Gasteiger partial charge is 0.493 e. The number of nitrogens with one attached hydrogen (secondary N) is 1. The molecule has 2 unspecified atom stereocenters. The molecule has 1 N–H and O–H groups in total. The SMILES string of the molecule is CN=C(NCC1CCOc2ccccc21)N1CCC(N2CCOCC2)C1.I. The van der Waals surface area contributed by atoms with Gasteiger partial charge in [0, 0.05) is 51.7 Å². The first-order valence-corrected chi connectivity index (χ1v) is 9.84. The van der Waals surface area contributed by atoms with Gasteiger partial charge in [-0.05, 0) is 24.5 Å². The molecule has 1 aromatic rings. The van der Waals surface area contributed by atoms with Gasteiger partial charge < -0.3 is 19.7 Å². The molecule has 0 aromatic heterocycles. The van der Waals surface area contributed by atoms with Crippen LogP contribution in [0.2, 0.25) is 0 Å². The van der Waals surface area contributed by atoms with Crippen LogP contribution in [0, 0.1) is 0 Å². The highest BCUT2D eigenvalue weighted by Gasteiger charge is 2.30. The Morgan fingerprint density at radius 1 is 1.15 bits per heavy atom. The second kappa shape index (κ2) is 9.93. The van der Waals surface area contributed by atoms with Crippen molar-refractivity contribution >= 4 is 29.9 Å². The van der Waals surface area contributed by atoms with Gasteiger partial charge in [0.2, 0.25) is 0 Å². The molecule has 6 nitrogen and oxygen atoms in total. The van der Waals surface area contributed by atoms with Gasteiger partial charge in [-0.25, -0.2) is 0 Å². The molecule has 4 rings (SSSR count). The van der Waals surface area contributed by atoms with E-state index in [9.17, 15) is 0 Å². The highest BCUT2D eigenvalue weighted by Crippen LogP contribution is 2.32. The van der Waals surface area contributed by atoms with Crippen LogP contribution in [0.25, 0.3) is 0 Å². The molecule has 3 aliphatic rings. The second-order valence-electron chi connectivity index (χ2n) is 7.34. The number of rotatable bonds is 3. The van der Waals surface area contributed by atoms with Gasteiger partial charge in [0.15, 0.2) is 5.96 Å². The molecule has 1 aromatic carbocycles. The van der Waals surface area contributed by atoms with Crippen LogP contribution in [-0.2, 0) is 4.74 Å². The number of fused-ring (bicyclic) bond motifs is 1. The quantitative estimate of drug-likeness (QED) is 0.403. The van der Waals surface area contributed by atoms with E-state index in [1.165, 1.54) is 12.0 Å². The first kappa shape index (κ1) is 20.7. The number of ether oxygens (including phenoxy) is 2. The van der Waals surface area contributed by atoms with E-state index < -0.39 is 0 Å². The van der Waals surface area contributed by atoms with Gasteiger partial charge in [0.25, 0.3) is 0 Å². The van der Waals surface area contributed by atoms with Crippen molar-refractivity contribution < 1.29 is 9.47 Å². The summed E-state index contributed by atoms with van der Waals surface area (Å²) in [4.78, 5) is 9.53. The van der Waals surface area contributed by atoms with E-state index in [0.717, 1.165) is 70.7 Å². The lowest BCUT2D eigenvalue weighted by molar-refractivity contribution is 0.0195. The maximum Gasteiger partial charge on any atom is 0.193 e. The van der Waals surface area contributed by atoms with Crippen LogP contribution in [0.5, 0.6) is 5.75 Å². The van der Waals surface area contributed by atoms with Gasteiger partial charge in [0.05, 0.1) is 19.8 Å². The zero-order valence-corrected chi connectivity index (χ0v) is 18.4. The number of guanidine groups is 1. The van der Waals surface area contributed by atoms with Gasteiger partial charge >= 0.3 is 0 Å². The molecule has 3 heterocycles. The van der Waals surface area contributed by atoms with Gasteiger partial charge in [-0.1, -0.05) is 18.2 Å². The molecule has 0 spiro atoms. The summed E-state index contributed by atoms with van der Waals surface area (Å²) in [6, 6.07) is 9.03. The summed E-state index contributed by atoms with van der Waals surface area (Å²) in [5.74, 6) is 2.55. The summed E-state index contributed by atoms with van der Waals surface area (Å²) in [5.41, 5.74) is 1.31. The highest BCUT2D eigenvalue weighted by atomic mass is 127. The molecule has 0 aliphatic carbocycles. The molecule has 27 heavy (non-hydrogen) atoms. The molecule has 2 saturated heterocycles. The number of benzene rings is 1. The topological polar surface area (TPSA) is 49.3 Å². The van der Waals surface area contributed by atoms with Crippen molar-refractivity contribution in [3.05, 3.63) is 29.8 Å². The van der Waals surface area contributed by atoms with Crippen LogP contribution in [0.4, 0.5) is 0 Å². The van der Waals surface area contributed by atoms with Gasteiger partial charge in [-0.2, -0.15) is 0 Å². The standard InChI is InChI=1S/C20H30N4O2.HI/c1-21-20(24-8-6-17(15-24)23-9-12-25-13-10-23)22-14-16-7-11-26-19-5-3-2-4-18(16)19;/h2-5,16-17H,6-15H2,1H3,(H,21,22);1H. The molecule has 0 bridgehead atoms. The van der Waals surface area contributed by atoms with Crippen molar-refractivity contribution in [1.29, 1.82) is 0 Å². The Morgan fingerprint density at radius 3 is 2.78 bits per heavy atom. The zero-order chi connectivity index (χ0) is 17.8. The fourth-order valence-electron chi connectivity index (χ4n) is 4.35. The first-order valence-electron chi connectivity index (χ1n) is 9.84. The molecular formula is C20H31IN4O2. The number of halogens is 1. The number of para-hydroxylation sites is 1. The summed E-state index contributed by atoms with van der Waals surface area (Å²) in [6.45, 7) is 7.69. The molecule has 7 heteroatoms. The zero-order valence-electron chi connectivity index (χ0n) is 16.1. The molecule has 150 valence electrons. The summed E-state index contributed by atoms with van der Waals surface area (Å²) >= 11 is 0. The van der Waals surface area contributed by atoms with E-state index in [1.807, 2.05) is 13.1 Å². The number of hydrogen-bond donors (Lipinski definition) is 1. The Balaban J connectivity index is 0.00000210. The molecule has 0 saturated carbocycles. The maximum atomic E-state index is 5.78. The predicted molar refractivity (Wildman–Crippen MR) is 118 cm³/mol. The Kier molecular flexibility index (Phi) is 7.60. The summed E-state index contributed by atoms with van der Waals surface area (Å²) in [5, 5.41) is 3.62. The highest BCUT2D eigenvalue weighted by molar-refractivity contribution is 14.0. The van der Waals surface area contributed by atoms with Gasteiger partial charge in [-0.3, -0.25) is 9.89 Å². The number of hydrogen-bond acceptors (Lipinski definition) is 4. The first-order chi connectivity index (χ1) is 12.8. The fraction of sp³-hybridized carbons (Fsp3) is 0.650. The van der Waals surface area contributed by atoms with Crippen molar-refractivity contribution in [3.8, 4) is 5.75 Å². The Bertz CT molecular complexity index is 636. The molecule has 0 amide bonds. The predicted octanol–water partition coefficient (Wildman–Crippen LogP) is 2.15. The molecule has 3 aliphatic heterocycles. The number of morpholine rings is 1. The van der Waals surface area contributed by atoms with Crippen molar-refractivity contribution in [2.24, 2.45) is 4.99 Å². The minimum absolute atomic E-state index is 0. The number of nitrogens with zero attached hydrogens (tertiary/aromatic N) is 3. The smallest absolute Gasteiger partial charge is 0.193 e. The molecular weight excluding hydrogens is 455 g/mol. The van der Waals surface area contributed by atoms with Crippen LogP contribution in [0.1, 0.15) is 24.3 Å². The van der Waals surface area contributed by atoms with E-state index in [-0.39, 0.29) is 24.0 Å². The third-order valence-corrected chi connectivity index (χ3v) is 5.83. The lowest BCUT2D eigenvalue weighted by Crippen LogP contribution is -2.47. The molecule has 2 fully saturated rings. The lowest BCUT2D eigenvalue weighted by Gasteiger charge is -2.32. The van der Waals surface area contributed by atoms with Gasteiger partial charge in [0.1, 0.15) is 5.75 Å². The van der Waals surface area contributed by atoms with Crippen LogP contribution in [-0.4, -0.2) is 81.4 Å². The Labute approximate surface area is 179 Å². The van der Waals surface area contributed by atoms with Crippen molar-refractivity contribution in [2.45, 2.75) is 24.8 Å². The normalized spacial score (nSPS) is 26.1. The van der Waals surface area contributed by atoms with Crippen molar-refractivity contribution in [3.63, 3.8) is 0 Å². The average Bonchev–Trinajstić information content (AvgIpc) is 3.19. The monoisotopic (exact) mass is 486 g/mol. The Morgan fingerprint density at radius 2 is 1.96 bits per heavy atom. The van der Waals surface area contributed by atoms with Crippen LogP contribution in [0.15, 0.2) is 29.3 Å². The van der Waals surface area contributed by atoms with E-state index in [0.29, 0.717) is 12.0 Å². The lowest BCUT2D eigenvalue weighted by atomic mass is 9.93. The van der Waals surface area contributed by atoms with E-state index in [1.54, 1.807) is 0 Å². The summed E-state index contributed by atoms with van der Waals surface area (Å²) < 4.78 is 11.3. The molecule has 0 radical (unpaired) electrons. The number of aliphatic imine (C=N–C) groups is 1.